The van der Waals surface area contributed by atoms with E-state index in [0.29, 0.717) is 0 Å². The molecule has 0 amide bonds. The Labute approximate surface area is 103 Å². The molecule has 2 nitrogen and oxygen atoms in total. The lowest BCUT2D eigenvalue weighted by Gasteiger charge is -2.08. The van der Waals surface area contributed by atoms with Crippen LogP contribution in [0.25, 0.3) is 0 Å². The molecule has 0 spiro atoms. The van der Waals surface area contributed by atoms with Gasteiger partial charge in [0.2, 0.25) is 0 Å². The van der Waals surface area contributed by atoms with Crippen LogP contribution in [0.4, 0.5) is 0 Å². The first kappa shape index (κ1) is 12.0. The number of nitrogens with zero attached hydrogens (tertiary/aromatic N) is 2. The molecule has 3 heteroatoms. The molecular formula is C13H21ClN2. The summed E-state index contributed by atoms with van der Waals surface area (Å²) in [5.74, 6) is 0.963. The summed E-state index contributed by atoms with van der Waals surface area (Å²) in [6, 6.07) is 0. The summed E-state index contributed by atoms with van der Waals surface area (Å²) in [6.45, 7) is 7.40. The van der Waals surface area contributed by atoms with Crippen LogP contribution in [0.5, 0.6) is 0 Å². The number of hydrogen-bond acceptors (Lipinski definition) is 1. The van der Waals surface area contributed by atoms with E-state index in [2.05, 4.69) is 30.6 Å². The number of rotatable bonds is 5. The van der Waals surface area contributed by atoms with Crippen molar-refractivity contribution in [1.82, 2.24) is 9.78 Å². The average Bonchev–Trinajstić information content (AvgIpc) is 3.03. The molecule has 1 aromatic heterocycles. The Hall–Kier alpha value is -0.500. The molecule has 1 aliphatic rings. The van der Waals surface area contributed by atoms with E-state index in [4.69, 9.17) is 11.6 Å². The molecule has 1 saturated carbocycles. The molecule has 0 bridgehead atoms. The zero-order valence-electron chi connectivity index (χ0n) is 10.5. The van der Waals surface area contributed by atoms with Crippen molar-refractivity contribution in [2.45, 2.75) is 58.4 Å². The Balaban J connectivity index is 2.12. The molecule has 16 heavy (non-hydrogen) atoms. The lowest BCUT2D eigenvalue weighted by Crippen LogP contribution is -2.04. The quantitative estimate of drug-likeness (QED) is 0.712. The summed E-state index contributed by atoms with van der Waals surface area (Å²) < 4.78 is 2.15. The number of hydrogen-bond donors (Lipinski definition) is 0. The van der Waals surface area contributed by atoms with Crippen LogP contribution in [0.3, 0.4) is 0 Å². The SMILES string of the molecule is CCC(Cl)c1c(C)nn(CCC2CC2)c1C. The zero-order chi connectivity index (χ0) is 11.7. The van der Waals surface area contributed by atoms with E-state index in [1.54, 1.807) is 0 Å². The van der Waals surface area contributed by atoms with Gasteiger partial charge in [-0.2, -0.15) is 5.10 Å². The number of aryl methyl sites for hydroxylation is 2. The molecule has 1 atom stereocenters. The van der Waals surface area contributed by atoms with E-state index < -0.39 is 0 Å². The van der Waals surface area contributed by atoms with E-state index in [9.17, 15) is 0 Å². The van der Waals surface area contributed by atoms with Crippen molar-refractivity contribution < 1.29 is 0 Å². The highest BCUT2D eigenvalue weighted by Crippen LogP contribution is 2.34. The first-order valence-corrected chi connectivity index (χ1v) is 6.75. The van der Waals surface area contributed by atoms with Gasteiger partial charge in [0, 0.05) is 17.8 Å². The number of aromatic nitrogens is 2. The molecule has 1 unspecified atom stereocenters. The molecule has 1 fully saturated rings. The molecule has 0 aromatic carbocycles. The van der Waals surface area contributed by atoms with Gasteiger partial charge in [0.15, 0.2) is 0 Å². The highest BCUT2D eigenvalue weighted by Gasteiger charge is 2.22. The minimum Gasteiger partial charge on any atom is -0.269 e. The van der Waals surface area contributed by atoms with Crippen molar-refractivity contribution in [2.24, 2.45) is 5.92 Å². The summed E-state index contributed by atoms with van der Waals surface area (Å²) in [5.41, 5.74) is 3.62. The molecule has 2 rings (SSSR count). The van der Waals surface area contributed by atoms with Gasteiger partial charge in [-0.25, -0.2) is 0 Å². The molecule has 1 aliphatic carbocycles. The zero-order valence-corrected chi connectivity index (χ0v) is 11.2. The first-order valence-electron chi connectivity index (χ1n) is 6.31. The Bertz CT molecular complexity index is 366. The smallest absolute Gasteiger partial charge is 0.0643 e. The highest BCUT2D eigenvalue weighted by molar-refractivity contribution is 6.20. The third-order valence-corrected chi connectivity index (χ3v) is 4.08. The van der Waals surface area contributed by atoms with Gasteiger partial charge in [-0.15, -0.1) is 11.6 Å². The van der Waals surface area contributed by atoms with Crippen LogP contribution >= 0.6 is 11.6 Å². The van der Waals surface area contributed by atoms with Crippen molar-refractivity contribution in [3.05, 3.63) is 17.0 Å². The van der Waals surface area contributed by atoms with Gasteiger partial charge in [0.25, 0.3) is 0 Å². The van der Waals surface area contributed by atoms with E-state index in [1.807, 2.05) is 0 Å². The van der Waals surface area contributed by atoms with Crippen LogP contribution in [0, 0.1) is 19.8 Å². The van der Waals surface area contributed by atoms with Gasteiger partial charge in [0.05, 0.1) is 11.1 Å². The Morgan fingerprint density at radius 1 is 1.44 bits per heavy atom. The molecule has 0 aliphatic heterocycles. The van der Waals surface area contributed by atoms with Crippen LogP contribution in [-0.4, -0.2) is 9.78 Å². The summed E-state index contributed by atoms with van der Waals surface area (Å²) in [4.78, 5) is 0. The average molecular weight is 241 g/mol. The number of alkyl halides is 1. The first-order chi connectivity index (χ1) is 7.63. The summed E-state index contributed by atoms with van der Waals surface area (Å²) in [6.07, 6.45) is 5.08. The molecular weight excluding hydrogens is 220 g/mol. The van der Waals surface area contributed by atoms with Gasteiger partial charge in [-0.1, -0.05) is 19.8 Å². The topological polar surface area (TPSA) is 17.8 Å². The lowest BCUT2D eigenvalue weighted by atomic mass is 10.1. The van der Waals surface area contributed by atoms with E-state index in [1.165, 1.54) is 30.5 Å². The van der Waals surface area contributed by atoms with Gasteiger partial charge in [0.1, 0.15) is 0 Å². The maximum atomic E-state index is 6.34. The highest BCUT2D eigenvalue weighted by atomic mass is 35.5. The van der Waals surface area contributed by atoms with Crippen LogP contribution in [-0.2, 0) is 6.54 Å². The maximum Gasteiger partial charge on any atom is 0.0643 e. The minimum atomic E-state index is 0.120. The lowest BCUT2D eigenvalue weighted by molar-refractivity contribution is 0.532. The predicted octanol–water partition coefficient (Wildman–Crippen LogP) is 3.99. The van der Waals surface area contributed by atoms with Crippen LogP contribution in [0.15, 0.2) is 0 Å². The molecule has 90 valence electrons. The third-order valence-electron chi connectivity index (χ3n) is 3.56. The summed E-state index contributed by atoms with van der Waals surface area (Å²) in [5, 5.41) is 4.73. The fourth-order valence-electron chi connectivity index (χ4n) is 2.30. The third kappa shape index (κ3) is 2.42. The van der Waals surface area contributed by atoms with Crippen molar-refractivity contribution in [3.63, 3.8) is 0 Å². The maximum absolute atomic E-state index is 6.34. The van der Waals surface area contributed by atoms with Crippen molar-refractivity contribution in [3.8, 4) is 0 Å². The Morgan fingerprint density at radius 3 is 2.69 bits per heavy atom. The van der Waals surface area contributed by atoms with E-state index in [-0.39, 0.29) is 5.38 Å². The molecule has 0 N–H and O–H groups in total. The second kappa shape index (κ2) is 4.79. The van der Waals surface area contributed by atoms with Crippen molar-refractivity contribution in [2.75, 3.05) is 0 Å². The van der Waals surface area contributed by atoms with Crippen molar-refractivity contribution >= 4 is 11.6 Å². The molecule has 1 aromatic rings. The minimum absolute atomic E-state index is 0.120. The van der Waals surface area contributed by atoms with Gasteiger partial charge >= 0.3 is 0 Å². The predicted molar refractivity (Wildman–Crippen MR) is 67.9 cm³/mol. The standard InChI is InChI=1S/C13H21ClN2/c1-4-12(14)13-9(2)15-16(10(13)3)8-7-11-5-6-11/h11-12H,4-8H2,1-3H3. The molecule has 1 heterocycles. The Kier molecular flexibility index (Phi) is 3.58. The second-order valence-electron chi connectivity index (χ2n) is 4.92. The van der Waals surface area contributed by atoms with E-state index >= 15 is 0 Å². The van der Waals surface area contributed by atoms with Crippen molar-refractivity contribution in [1.29, 1.82) is 0 Å². The fourth-order valence-corrected chi connectivity index (χ4v) is 2.61. The monoisotopic (exact) mass is 240 g/mol. The van der Waals surface area contributed by atoms with Crippen LogP contribution in [0.2, 0.25) is 0 Å². The van der Waals surface area contributed by atoms with Gasteiger partial charge < -0.3 is 0 Å². The molecule has 0 saturated heterocycles. The number of halogens is 1. The largest absolute Gasteiger partial charge is 0.269 e. The van der Waals surface area contributed by atoms with E-state index in [0.717, 1.165) is 24.6 Å². The van der Waals surface area contributed by atoms with Crippen LogP contribution in [0.1, 0.15) is 54.9 Å². The normalized spacial score (nSPS) is 17.8. The van der Waals surface area contributed by atoms with Gasteiger partial charge in [-0.05, 0) is 32.6 Å². The summed E-state index contributed by atoms with van der Waals surface area (Å²) >= 11 is 6.34. The molecule has 0 radical (unpaired) electrons. The van der Waals surface area contributed by atoms with Gasteiger partial charge in [-0.3, -0.25) is 4.68 Å². The fraction of sp³-hybridized carbons (Fsp3) is 0.769. The van der Waals surface area contributed by atoms with Crippen LogP contribution < -0.4 is 0 Å². The summed E-state index contributed by atoms with van der Waals surface area (Å²) in [7, 11) is 0. The Morgan fingerprint density at radius 2 is 2.12 bits per heavy atom. The second-order valence-corrected chi connectivity index (χ2v) is 5.44.